The van der Waals surface area contributed by atoms with Crippen LogP contribution in [0.15, 0.2) is 29.4 Å². The molecule has 1 aromatic rings. The SMILES string of the molecule is CC(C)CN=C(N)NC(=S)NCCCc1ccccn1. The third-order valence-corrected chi connectivity index (χ3v) is 2.74. The summed E-state index contributed by atoms with van der Waals surface area (Å²) in [4.78, 5) is 8.45. The van der Waals surface area contributed by atoms with Crippen LogP contribution in [0.25, 0.3) is 0 Å². The maximum absolute atomic E-state index is 5.72. The number of nitrogens with one attached hydrogen (secondary N) is 2. The summed E-state index contributed by atoms with van der Waals surface area (Å²) in [5.41, 5.74) is 6.81. The fourth-order valence-electron chi connectivity index (χ4n) is 1.50. The van der Waals surface area contributed by atoms with E-state index in [1.54, 1.807) is 6.20 Å². The normalized spacial score (nSPS) is 11.4. The van der Waals surface area contributed by atoms with Crippen molar-refractivity contribution in [2.75, 3.05) is 13.1 Å². The number of aryl methyl sites for hydroxylation is 1. The van der Waals surface area contributed by atoms with Gasteiger partial charge in [0.2, 0.25) is 0 Å². The van der Waals surface area contributed by atoms with Gasteiger partial charge in [-0.15, -0.1) is 0 Å². The summed E-state index contributed by atoms with van der Waals surface area (Å²) in [6.45, 7) is 5.65. The average Bonchev–Trinajstić information content (AvgIpc) is 2.42. The van der Waals surface area contributed by atoms with Crippen molar-refractivity contribution in [2.45, 2.75) is 26.7 Å². The van der Waals surface area contributed by atoms with Gasteiger partial charge in [-0.05, 0) is 43.1 Å². The van der Waals surface area contributed by atoms with Crippen molar-refractivity contribution >= 4 is 23.3 Å². The van der Waals surface area contributed by atoms with Crippen molar-refractivity contribution in [3.05, 3.63) is 30.1 Å². The highest BCUT2D eigenvalue weighted by Gasteiger charge is 1.99. The van der Waals surface area contributed by atoms with Crippen LogP contribution in [0.4, 0.5) is 0 Å². The summed E-state index contributed by atoms with van der Waals surface area (Å²) in [6.07, 6.45) is 3.69. The minimum absolute atomic E-state index is 0.362. The molecule has 0 amide bonds. The smallest absolute Gasteiger partial charge is 0.194 e. The van der Waals surface area contributed by atoms with Gasteiger partial charge in [-0.2, -0.15) is 0 Å². The molecule has 0 atom stereocenters. The molecule has 0 spiro atoms. The van der Waals surface area contributed by atoms with E-state index in [2.05, 4.69) is 34.5 Å². The topological polar surface area (TPSA) is 75.3 Å². The Kier molecular flexibility index (Phi) is 7.57. The first-order valence-corrected chi connectivity index (χ1v) is 7.23. The first-order valence-electron chi connectivity index (χ1n) is 6.82. The molecule has 0 unspecified atom stereocenters. The number of nitrogens with two attached hydrogens (primary N) is 1. The summed E-state index contributed by atoms with van der Waals surface area (Å²) in [6, 6.07) is 5.93. The molecule has 6 heteroatoms. The van der Waals surface area contributed by atoms with E-state index in [1.165, 1.54) is 0 Å². The fraction of sp³-hybridized carbons (Fsp3) is 0.500. The summed E-state index contributed by atoms with van der Waals surface area (Å²) in [7, 11) is 0. The summed E-state index contributed by atoms with van der Waals surface area (Å²) < 4.78 is 0. The van der Waals surface area contributed by atoms with Gasteiger partial charge in [0, 0.05) is 25.0 Å². The number of nitrogens with zero attached hydrogens (tertiary/aromatic N) is 2. The Bertz CT molecular complexity index is 430. The van der Waals surface area contributed by atoms with Crippen molar-refractivity contribution in [3.8, 4) is 0 Å². The third kappa shape index (κ3) is 7.68. The highest BCUT2D eigenvalue weighted by molar-refractivity contribution is 7.80. The molecule has 1 aromatic heterocycles. The van der Waals surface area contributed by atoms with E-state index in [9.17, 15) is 0 Å². The van der Waals surface area contributed by atoms with E-state index in [-0.39, 0.29) is 0 Å². The van der Waals surface area contributed by atoms with Crippen LogP contribution in [0.3, 0.4) is 0 Å². The molecule has 5 nitrogen and oxygen atoms in total. The predicted molar refractivity (Wildman–Crippen MR) is 87.6 cm³/mol. The van der Waals surface area contributed by atoms with Gasteiger partial charge in [0.05, 0.1) is 0 Å². The summed E-state index contributed by atoms with van der Waals surface area (Å²) in [5, 5.41) is 6.48. The average molecular weight is 293 g/mol. The Morgan fingerprint density at radius 3 is 2.90 bits per heavy atom. The molecule has 20 heavy (non-hydrogen) atoms. The van der Waals surface area contributed by atoms with E-state index < -0.39 is 0 Å². The van der Waals surface area contributed by atoms with Crippen molar-refractivity contribution < 1.29 is 0 Å². The fourth-order valence-corrected chi connectivity index (χ4v) is 1.71. The van der Waals surface area contributed by atoms with Gasteiger partial charge in [0.1, 0.15) is 0 Å². The third-order valence-electron chi connectivity index (χ3n) is 2.49. The second-order valence-corrected chi connectivity index (χ2v) is 5.33. The lowest BCUT2D eigenvalue weighted by atomic mass is 10.2. The lowest BCUT2D eigenvalue weighted by molar-refractivity contribution is 0.663. The molecule has 0 saturated heterocycles. The molecule has 0 aliphatic carbocycles. The van der Waals surface area contributed by atoms with E-state index in [0.717, 1.165) is 25.1 Å². The Balaban J connectivity index is 2.15. The molecule has 0 radical (unpaired) electrons. The van der Waals surface area contributed by atoms with Gasteiger partial charge in [-0.1, -0.05) is 19.9 Å². The van der Waals surface area contributed by atoms with Crippen LogP contribution in [-0.4, -0.2) is 29.1 Å². The number of rotatable bonds is 6. The van der Waals surface area contributed by atoms with Crippen LogP contribution in [0.2, 0.25) is 0 Å². The highest BCUT2D eigenvalue weighted by Crippen LogP contribution is 1.97. The molecule has 110 valence electrons. The second kappa shape index (κ2) is 9.25. The first kappa shape index (κ1) is 16.4. The number of hydrogen-bond donors (Lipinski definition) is 3. The van der Waals surface area contributed by atoms with Gasteiger partial charge in [-0.3, -0.25) is 9.98 Å². The Morgan fingerprint density at radius 1 is 1.45 bits per heavy atom. The molecular weight excluding hydrogens is 270 g/mol. The molecule has 0 bridgehead atoms. The number of aromatic nitrogens is 1. The zero-order chi connectivity index (χ0) is 14.8. The monoisotopic (exact) mass is 293 g/mol. The Labute approximate surface area is 126 Å². The lowest BCUT2D eigenvalue weighted by Crippen LogP contribution is -2.43. The molecule has 0 saturated carbocycles. The van der Waals surface area contributed by atoms with Crippen LogP contribution in [-0.2, 0) is 6.42 Å². The molecule has 0 fully saturated rings. The molecule has 0 aliphatic heterocycles. The van der Waals surface area contributed by atoms with Crippen molar-refractivity contribution in [2.24, 2.45) is 16.6 Å². The largest absolute Gasteiger partial charge is 0.370 e. The van der Waals surface area contributed by atoms with Crippen LogP contribution in [0.5, 0.6) is 0 Å². The van der Waals surface area contributed by atoms with Crippen LogP contribution in [0, 0.1) is 5.92 Å². The number of hydrogen-bond acceptors (Lipinski definition) is 3. The zero-order valence-electron chi connectivity index (χ0n) is 12.1. The zero-order valence-corrected chi connectivity index (χ0v) is 12.9. The number of pyridine rings is 1. The summed E-state index contributed by atoms with van der Waals surface area (Å²) in [5.74, 6) is 0.844. The van der Waals surface area contributed by atoms with Gasteiger partial charge in [-0.25, -0.2) is 0 Å². The van der Waals surface area contributed by atoms with Gasteiger partial charge >= 0.3 is 0 Å². The predicted octanol–water partition coefficient (Wildman–Crippen LogP) is 1.45. The van der Waals surface area contributed by atoms with Gasteiger partial charge in [0.15, 0.2) is 11.1 Å². The first-order chi connectivity index (χ1) is 9.58. The van der Waals surface area contributed by atoms with Crippen molar-refractivity contribution in [3.63, 3.8) is 0 Å². The molecule has 0 aromatic carbocycles. The van der Waals surface area contributed by atoms with Crippen molar-refractivity contribution in [1.82, 2.24) is 15.6 Å². The maximum atomic E-state index is 5.72. The molecule has 4 N–H and O–H groups in total. The summed E-state index contributed by atoms with van der Waals surface area (Å²) >= 11 is 5.14. The van der Waals surface area contributed by atoms with E-state index in [0.29, 0.717) is 23.5 Å². The lowest BCUT2D eigenvalue weighted by Gasteiger charge is -2.10. The maximum Gasteiger partial charge on any atom is 0.194 e. The van der Waals surface area contributed by atoms with Gasteiger partial charge in [0.25, 0.3) is 0 Å². The number of guanidine groups is 1. The number of aliphatic imine (C=N–C) groups is 1. The van der Waals surface area contributed by atoms with E-state index in [4.69, 9.17) is 18.0 Å². The molecule has 1 rings (SSSR count). The molecule has 0 aliphatic rings. The van der Waals surface area contributed by atoms with Gasteiger partial charge < -0.3 is 16.4 Å². The highest BCUT2D eigenvalue weighted by atomic mass is 32.1. The van der Waals surface area contributed by atoms with E-state index in [1.807, 2.05) is 18.2 Å². The minimum Gasteiger partial charge on any atom is -0.370 e. The molecular formula is C14H23N5S. The quantitative estimate of drug-likeness (QED) is 0.320. The van der Waals surface area contributed by atoms with Crippen molar-refractivity contribution in [1.29, 1.82) is 0 Å². The van der Waals surface area contributed by atoms with Crippen LogP contribution in [0.1, 0.15) is 26.0 Å². The Morgan fingerprint density at radius 2 is 2.25 bits per heavy atom. The molecule has 1 heterocycles. The van der Waals surface area contributed by atoms with Crippen LogP contribution >= 0.6 is 12.2 Å². The minimum atomic E-state index is 0.362. The van der Waals surface area contributed by atoms with Crippen LogP contribution < -0.4 is 16.4 Å². The second-order valence-electron chi connectivity index (χ2n) is 4.93. The number of thiocarbonyl (C=S) groups is 1. The van der Waals surface area contributed by atoms with E-state index >= 15 is 0 Å². The standard InChI is InChI=1S/C14H23N5S/c1-11(2)10-18-13(15)19-14(20)17-9-5-7-12-6-3-4-8-16-12/h3-4,6,8,11H,5,7,9-10H2,1-2H3,(H4,15,17,18,19,20). The Hall–Kier alpha value is -1.69.